The molecule has 0 aromatic carbocycles. The summed E-state index contributed by atoms with van der Waals surface area (Å²) in [6.45, 7) is 4.60. The van der Waals surface area contributed by atoms with Crippen molar-refractivity contribution in [2.45, 2.75) is 20.7 Å². The van der Waals surface area contributed by atoms with E-state index in [1.165, 1.54) is 5.08 Å². The Bertz CT molecular complexity index is 128. The zero-order valence-corrected chi connectivity index (χ0v) is 8.61. The molecule has 0 bridgehead atoms. The third-order valence-corrected chi connectivity index (χ3v) is 8.47. The Labute approximate surface area is 72.7 Å². The second-order valence-corrected chi connectivity index (χ2v) is 10.7. The summed E-state index contributed by atoms with van der Waals surface area (Å²) in [5.74, 6) is 0. The van der Waals surface area contributed by atoms with Gasteiger partial charge in [0.1, 0.15) is 0 Å². The van der Waals surface area contributed by atoms with E-state index in [2.05, 4.69) is 60.9 Å². The van der Waals surface area contributed by atoms with Crippen LogP contribution in [0.2, 0.25) is 0 Å². The Morgan fingerprint density at radius 2 is 1.67 bits per heavy atom. The highest BCUT2D eigenvalue weighted by Gasteiger charge is 2.56. The Morgan fingerprint density at radius 1 is 1.11 bits per heavy atom. The lowest BCUT2D eigenvalue weighted by Gasteiger charge is -2.54. The van der Waals surface area contributed by atoms with Gasteiger partial charge in [-0.1, -0.05) is 0 Å². The molecule has 2 aliphatic heterocycles. The lowest BCUT2D eigenvalue weighted by molar-refractivity contribution is 1.01. The molecular formula is C5H8S4. The van der Waals surface area contributed by atoms with Crippen molar-refractivity contribution in [3.05, 3.63) is 0 Å². The van der Waals surface area contributed by atoms with E-state index in [-0.39, 0.29) is 0 Å². The second kappa shape index (κ2) is 1.96. The molecule has 1 spiro atoms. The van der Waals surface area contributed by atoms with Crippen LogP contribution in [0.1, 0.15) is 13.8 Å². The van der Waals surface area contributed by atoms with Crippen LogP contribution in [0.5, 0.6) is 0 Å². The standard InChI is InChI=1S/C5H8S4/c1-4(2)8-5(9-4)6-3-7-5/h3H2,1-2H3. The fourth-order valence-electron chi connectivity index (χ4n) is 0.883. The summed E-state index contributed by atoms with van der Waals surface area (Å²) in [4.78, 5) is 0. The van der Waals surface area contributed by atoms with Crippen molar-refractivity contribution in [3.8, 4) is 0 Å². The zero-order valence-electron chi connectivity index (χ0n) is 5.34. The molecule has 0 radical (unpaired) electrons. The molecule has 52 valence electrons. The van der Waals surface area contributed by atoms with Crippen LogP contribution in [0.3, 0.4) is 0 Å². The van der Waals surface area contributed by atoms with E-state index in [0.717, 1.165) is 0 Å². The van der Waals surface area contributed by atoms with Crippen LogP contribution >= 0.6 is 47.0 Å². The van der Waals surface area contributed by atoms with Gasteiger partial charge in [-0.05, 0) is 13.8 Å². The quantitative estimate of drug-likeness (QED) is 0.583. The summed E-state index contributed by atoms with van der Waals surface area (Å²) in [6, 6.07) is 0. The first-order chi connectivity index (χ1) is 4.12. The maximum absolute atomic E-state index is 2.30. The van der Waals surface area contributed by atoms with E-state index in [0.29, 0.717) is 6.82 Å². The molecular weight excluding hydrogens is 188 g/mol. The predicted molar refractivity (Wildman–Crippen MR) is 52.0 cm³/mol. The van der Waals surface area contributed by atoms with Crippen molar-refractivity contribution in [1.82, 2.24) is 0 Å². The SMILES string of the molecule is CC1(C)SC2(SCS2)S1. The molecule has 0 amide bonds. The first-order valence-electron chi connectivity index (χ1n) is 2.80. The number of hydrogen-bond donors (Lipinski definition) is 0. The predicted octanol–water partition coefficient (Wildman–Crippen LogP) is 3.25. The van der Waals surface area contributed by atoms with Gasteiger partial charge in [0.25, 0.3) is 0 Å². The van der Waals surface area contributed by atoms with Gasteiger partial charge in [0, 0.05) is 5.08 Å². The van der Waals surface area contributed by atoms with Crippen LogP contribution in [0.4, 0.5) is 0 Å². The van der Waals surface area contributed by atoms with Crippen LogP contribution in [0, 0.1) is 0 Å². The van der Waals surface area contributed by atoms with E-state index in [1.54, 1.807) is 0 Å². The van der Waals surface area contributed by atoms with Gasteiger partial charge in [0.2, 0.25) is 0 Å². The topological polar surface area (TPSA) is 0 Å². The Hall–Kier alpha value is 1.40. The van der Waals surface area contributed by atoms with Crippen molar-refractivity contribution in [2.24, 2.45) is 0 Å². The molecule has 2 aliphatic rings. The third kappa shape index (κ3) is 1.12. The fourth-order valence-corrected chi connectivity index (χ4v) is 10.9. The minimum Gasteiger partial charge on any atom is -0.111 e. The maximum atomic E-state index is 2.30. The second-order valence-electron chi connectivity index (χ2n) is 2.51. The number of thioether (sulfide) groups is 4. The van der Waals surface area contributed by atoms with Crippen molar-refractivity contribution >= 4 is 47.0 Å². The van der Waals surface area contributed by atoms with E-state index in [9.17, 15) is 0 Å². The average Bonchev–Trinajstić information content (AvgIpc) is 1.54. The van der Waals surface area contributed by atoms with Crippen LogP contribution in [0.25, 0.3) is 0 Å². The Balaban J connectivity index is 1.96. The molecule has 2 saturated heterocycles. The lowest BCUT2D eigenvalue weighted by atomic mass is 10.5. The highest BCUT2D eigenvalue weighted by molar-refractivity contribution is 8.62. The molecule has 0 aromatic heterocycles. The van der Waals surface area contributed by atoms with Gasteiger partial charge in [-0.15, -0.1) is 47.0 Å². The monoisotopic (exact) mass is 196 g/mol. The zero-order chi connectivity index (χ0) is 6.54. The van der Waals surface area contributed by atoms with Gasteiger partial charge >= 0.3 is 0 Å². The van der Waals surface area contributed by atoms with Crippen molar-refractivity contribution in [1.29, 1.82) is 0 Å². The van der Waals surface area contributed by atoms with Gasteiger partial charge in [-0.2, -0.15) is 0 Å². The van der Waals surface area contributed by atoms with Crippen LogP contribution in [-0.4, -0.2) is 11.9 Å². The molecule has 4 heteroatoms. The Morgan fingerprint density at radius 3 is 1.78 bits per heavy atom. The minimum atomic E-state index is 0.500. The molecule has 0 saturated carbocycles. The largest absolute Gasteiger partial charge is 0.157 e. The molecule has 0 nitrogen and oxygen atoms in total. The molecule has 9 heavy (non-hydrogen) atoms. The smallest absolute Gasteiger partial charge is 0.111 e. The van der Waals surface area contributed by atoms with Crippen LogP contribution < -0.4 is 0 Å². The summed E-state index contributed by atoms with van der Waals surface area (Å²) < 4.78 is 1.05. The van der Waals surface area contributed by atoms with Crippen molar-refractivity contribution in [3.63, 3.8) is 0 Å². The highest BCUT2D eigenvalue weighted by atomic mass is 32.4. The van der Waals surface area contributed by atoms with Gasteiger partial charge in [-0.3, -0.25) is 0 Å². The van der Waals surface area contributed by atoms with Crippen LogP contribution in [-0.2, 0) is 0 Å². The minimum absolute atomic E-state index is 0.500. The summed E-state index contributed by atoms with van der Waals surface area (Å²) in [5.41, 5.74) is 0. The molecule has 0 atom stereocenters. The molecule has 2 fully saturated rings. The lowest BCUT2D eigenvalue weighted by Crippen LogP contribution is -2.39. The summed E-state index contributed by atoms with van der Waals surface area (Å²) in [6.07, 6.45) is 0. The number of rotatable bonds is 0. The molecule has 2 rings (SSSR count). The highest BCUT2D eigenvalue weighted by Crippen LogP contribution is 2.79. The summed E-state index contributed by atoms with van der Waals surface area (Å²) in [7, 11) is 0. The first-order valence-corrected chi connectivity index (χ1v) is 6.41. The molecule has 0 N–H and O–H groups in total. The van der Waals surface area contributed by atoms with E-state index < -0.39 is 0 Å². The van der Waals surface area contributed by atoms with E-state index >= 15 is 0 Å². The first kappa shape index (κ1) is 7.07. The maximum Gasteiger partial charge on any atom is 0.157 e. The van der Waals surface area contributed by atoms with Gasteiger partial charge in [-0.25, -0.2) is 0 Å². The molecule has 0 aromatic rings. The van der Waals surface area contributed by atoms with Crippen molar-refractivity contribution < 1.29 is 0 Å². The summed E-state index contributed by atoms with van der Waals surface area (Å²) in [5, 5.41) is 1.30. The van der Waals surface area contributed by atoms with Gasteiger partial charge < -0.3 is 0 Å². The molecule has 2 heterocycles. The van der Waals surface area contributed by atoms with Crippen molar-refractivity contribution in [2.75, 3.05) is 5.08 Å². The third-order valence-electron chi connectivity index (χ3n) is 1.21. The molecule has 0 aliphatic carbocycles. The average molecular weight is 196 g/mol. The van der Waals surface area contributed by atoms with Gasteiger partial charge in [0.05, 0.1) is 4.08 Å². The molecule has 0 unspecified atom stereocenters. The van der Waals surface area contributed by atoms with E-state index in [4.69, 9.17) is 0 Å². The number of hydrogen-bond acceptors (Lipinski definition) is 4. The van der Waals surface area contributed by atoms with E-state index in [1.807, 2.05) is 0 Å². The Kier molecular flexibility index (Phi) is 1.54. The van der Waals surface area contributed by atoms with Crippen LogP contribution in [0.15, 0.2) is 0 Å². The fraction of sp³-hybridized carbons (Fsp3) is 1.00. The normalized spacial score (nSPS) is 35.3. The summed E-state index contributed by atoms with van der Waals surface area (Å²) >= 11 is 8.39. The van der Waals surface area contributed by atoms with Gasteiger partial charge in [0.15, 0.2) is 2.74 Å².